The Labute approximate surface area is 146 Å². The van der Waals surface area contributed by atoms with Crippen molar-refractivity contribution in [3.63, 3.8) is 0 Å². The van der Waals surface area contributed by atoms with Crippen molar-refractivity contribution >= 4 is 48.5 Å². The second kappa shape index (κ2) is 6.68. The maximum absolute atomic E-state index is 12.0. The van der Waals surface area contributed by atoms with E-state index in [1.807, 2.05) is 37.3 Å². The van der Waals surface area contributed by atoms with Gasteiger partial charge in [0.05, 0.1) is 10.2 Å². The zero-order chi connectivity index (χ0) is 16.4. The van der Waals surface area contributed by atoms with Crippen LogP contribution in [0.1, 0.15) is 11.1 Å². The Balaban J connectivity index is 1.67. The Morgan fingerprint density at radius 2 is 2.13 bits per heavy atom. The summed E-state index contributed by atoms with van der Waals surface area (Å²) in [7, 11) is 0. The number of amides is 1. The molecule has 0 saturated carbocycles. The molecule has 2 aromatic carbocycles. The van der Waals surface area contributed by atoms with Crippen molar-refractivity contribution in [3.8, 4) is 5.75 Å². The van der Waals surface area contributed by atoms with Gasteiger partial charge < -0.3 is 4.74 Å². The van der Waals surface area contributed by atoms with Gasteiger partial charge in [0.2, 0.25) is 0 Å². The average Bonchev–Trinajstić information content (AvgIpc) is 2.92. The lowest BCUT2D eigenvalue weighted by Crippen LogP contribution is -2.20. The van der Waals surface area contributed by atoms with Gasteiger partial charge in [-0.05, 0) is 49.2 Å². The third-order valence-electron chi connectivity index (χ3n) is 3.50. The van der Waals surface area contributed by atoms with Crippen LogP contribution in [0.3, 0.4) is 0 Å². The van der Waals surface area contributed by atoms with Gasteiger partial charge in [0, 0.05) is 4.47 Å². The Morgan fingerprint density at radius 1 is 1.30 bits per heavy atom. The Hall–Kier alpha value is -1.92. The number of ether oxygens (including phenoxy) is 1. The molecule has 0 spiro atoms. The standard InChI is InChI=1S/C17H15BrN2O2S/c1-10-6-7-14-16(11(10)2)20-17(23-14)19-15(21)9-22-13-5-3-4-12(18)8-13/h3-8H,9H2,1-2H3,(H,19,20,21). The number of nitrogens with one attached hydrogen (secondary N) is 1. The number of aryl methyl sites for hydroxylation is 2. The first-order valence-electron chi connectivity index (χ1n) is 7.08. The van der Waals surface area contributed by atoms with E-state index in [9.17, 15) is 4.79 Å². The molecule has 0 bridgehead atoms. The highest BCUT2D eigenvalue weighted by Gasteiger charge is 2.11. The van der Waals surface area contributed by atoms with E-state index < -0.39 is 0 Å². The first kappa shape index (κ1) is 16.0. The molecule has 0 radical (unpaired) electrons. The van der Waals surface area contributed by atoms with E-state index in [2.05, 4.69) is 39.2 Å². The largest absolute Gasteiger partial charge is 0.484 e. The fourth-order valence-corrected chi connectivity index (χ4v) is 3.46. The van der Waals surface area contributed by atoms with Gasteiger partial charge in [-0.15, -0.1) is 0 Å². The molecule has 23 heavy (non-hydrogen) atoms. The topological polar surface area (TPSA) is 51.2 Å². The van der Waals surface area contributed by atoms with Gasteiger partial charge in [0.1, 0.15) is 5.75 Å². The molecule has 0 aliphatic carbocycles. The number of carbonyl (C=O) groups is 1. The highest BCUT2D eigenvalue weighted by atomic mass is 79.9. The number of fused-ring (bicyclic) bond motifs is 1. The maximum atomic E-state index is 12.0. The lowest BCUT2D eigenvalue weighted by molar-refractivity contribution is -0.118. The van der Waals surface area contributed by atoms with E-state index in [1.54, 1.807) is 0 Å². The number of anilines is 1. The minimum absolute atomic E-state index is 0.0512. The fraction of sp³-hybridized carbons (Fsp3) is 0.176. The summed E-state index contributed by atoms with van der Waals surface area (Å²) in [5, 5.41) is 3.39. The van der Waals surface area contributed by atoms with E-state index in [4.69, 9.17) is 4.74 Å². The molecular formula is C17H15BrN2O2S. The molecule has 3 rings (SSSR count). The molecular weight excluding hydrogens is 376 g/mol. The second-order valence-corrected chi connectivity index (χ2v) is 7.11. The van der Waals surface area contributed by atoms with Crippen LogP contribution in [0.25, 0.3) is 10.2 Å². The average molecular weight is 391 g/mol. The van der Waals surface area contributed by atoms with Crippen LogP contribution < -0.4 is 10.1 Å². The van der Waals surface area contributed by atoms with Crippen LogP contribution in [-0.2, 0) is 4.79 Å². The van der Waals surface area contributed by atoms with E-state index in [1.165, 1.54) is 16.9 Å². The van der Waals surface area contributed by atoms with Crippen molar-refractivity contribution in [1.29, 1.82) is 0 Å². The molecule has 0 unspecified atom stereocenters. The van der Waals surface area contributed by atoms with Crippen molar-refractivity contribution in [1.82, 2.24) is 4.98 Å². The molecule has 0 saturated heterocycles. The number of nitrogens with zero attached hydrogens (tertiary/aromatic N) is 1. The molecule has 0 aliphatic heterocycles. The summed E-state index contributed by atoms with van der Waals surface area (Å²) in [6.07, 6.45) is 0. The lowest BCUT2D eigenvalue weighted by Gasteiger charge is -2.05. The Bertz CT molecular complexity index is 876. The first-order valence-corrected chi connectivity index (χ1v) is 8.69. The minimum Gasteiger partial charge on any atom is -0.484 e. The summed E-state index contributed by atoms with van der Waals surface area (Å²) in [6.45, 7) is 4.04. The summed E-state index contributed by atoms with van der Waals surface area (Å²) >= 11 is 4.83. The number of halogens is 1. The summed E-state index contributed by atoms with van der Waals surface area (Å²) in [4.78, 5) is 16.5. The van der Waals surface area contributed by atoms with Crippen molar-refractivity contribution in [2.24, 2.45) is 0 Å². The van der Waals surface area contributed by atoms with Gasteiger partial charge in [-0.25, -0.2) is 4.98 Å². The van der Waals surface area contributed by atoms with E-state index >= 15 is 0 Å². The normalized spacial score (nSPS) is 10.7. The van der Waals surface area contributed by atoms with Crippen LogP contribution in [0, 0.1) is 13.8 Å². The van der Waals surface area contributed by atoms with Crippen LogP contribution in [0.5, 0.6) is 5.75 Å². The zero-order valence-electron chi connectivity index (χ0n) is 12.7. The van der Waals surface area contributed by atoms with Gasteiger partial charge in [-0.2, -0.15) is 0 Å². The molecule has 3 aromatic rings. The summed E-state index contributed by atoms with van der Waals surface area (Å²) in [5.41, 5.74) is 3.28. The molecule has 1 heterocycles. The number of carbonyl (C=O) groups excluding carboxylic acids is 1. The molecule has 0 aliphatic rings. The molecule has 1 N–H and O–H groups in total. The zero-order valence-corrected chi connectivity index (χ0v) is 15.1. The first-order chi connectivity index (χ1) is 11.0. The van der Waals surface area contributed by atoms with Crippen molar-refractivity contribution < 1.29 is 9.53 Å². The van der Waals surface area contributed by atoms with Gasteiger partial charge in [-0.3, -0.25) is 10.1 Å². The Morgan fingerprint density at radius 3 is 2.91 bits per heavy atom. The number of hydrogen-bond donors (Lipinski definition) is 1. The van der Waals surface area contributed by atoms with Crippen LogP contribution >= 0.6 is 27.3 Å². The molecule has 1 aromatic heterocycles. The Kier molecular flexibility index (Phi) is 4.63. The lowest BCUT2D eigenvalue weighted by atomic mass is 10.1. The van der Waals surface area contributed by atoms with Gasteiger partial charge >= 0.3 is 0 Å². The highest BCUT2D eigenvalue weighted by Crippen LogP contribution is 2.29. The van der Waals surface area contributed by atoms with Crippen LogP contribution in [0.4, 0.5) is 5.13 Å². The number of benzene rings is 2. The van der Waals surface area contributed by atoms with Crippen LogP contribution in [-0.4, -0.2) is 17.5 Å². The fourth-order valence-electron chi connectivity index (χ4n) is 2.14. The monoisotopic (exact) mass is 390 g/mol. The van der Waals surface area contributed by atoms with Crippen molar-refractivity contribution in [2.75, 3.05) is 11.9 Å². The van der Waals surface area contributed by atoms with Crippen molar-refractivity contribution in [3.05, 3.63) is 52.0 Å². The second-order valence-electron chi connectivity index (χ2n) is 5.17. The number of thiazole rings is 1. The number of hydrogen-bond acceptors (Lipinski definition) is 4. The third kappa shape index (κ3) is 3.71. The van der Waals surface area contributed by atoms with E-state index in [0.717, 1.165) is 20.3 Å². The minimum atomic E-state index is -0.224. The summed E-state index contributed by atoms with van der Waals surface area (Å²) in [6, 6.07) is 11.5. The van der Waals surface area contributed by atoms with Gasteiger partial charge in [-0.1, -0.05) is 39.4 Å². The van der Waals surface area contributed by atoms with Crippen LogP contribution in [0.15, 0.2) is 40.9 Å². The molecule has 0 fully saturated rings. The quantitative estimate of drug-likeness (QED) is 0.702. The van der Waals surface area contributed by atoms with Crippen molar-refractivity contribution in [2.45, 2.75) is 13.8 Å². The summed E-state index contributed by atoms with van der Waals surface area (Å²) < 4.78 is 7.45. The molecule has 4 nitrogen and oxygen atoms in total. The van der Waals surface area contributed by atoms with Gasteiger partial charge in [0.25, 0.3) is 5.91 Å². The third-order valence-corrected chi connectivity index (χ3v) is 4.93. The van der Waals surface area contributed by atoms with E-state index in [0.29, 0.717) is 10.9 Å². The smallest absolute Gasteiger partial charge is 0.264 e. The number of aromatic nitrogens is 1. The maximum Gasteiger partial charge on any atom is 0.264 e. The van der Waals surface area contributed by atoms with Crippen LogP contribution in [0.2, 0.25) is 0 Å². The molecule has 118 valence electrons. The molecule has 0 atom stereocenters. The predicted octanol–water partition coefficient (Wildman–Crippen LogP) is 4.69. The molecule has 6 heteroatoms. The number of rotatable bonds is 4. The summed E-state index contributed by atoms with van der Waals surface area (Å²) in [5.74, 6) is 0.420. The van der Waals surface area contributed by atoms with Gasteiger partial charge in [0.15, 0.2) is 11.7 Å². The highest BCUT2D eigenvalue weighted by molar-refractivity contribution is 9.10. The van der Waals surface area contributed by atoms with E-state index in [-0.39, 0.29) is 12.5 Å². The predicted molar refractivity (Wildman–Crippen MR) is 97.4 cm³/mol. The SMILES string of the molecule is Cc1ccc2sc(NC(=O)COc3cccc(Br)c3)nc2c1C. The molecule has 1 amide bonds.